The largest absolute Gasteiger partial charge is 0.271 e. The van der Waals surface area contributed by atoms with Crippen LogP contribution in [-0.2, 0) is 6.42 Å². The van der Waals surface area contributed by atoms with Crippen molar-refractivity contribution < 1.29 is 4.39 Å². The Morgan fingerprint density at radius 1 is 1.44 bits per heavy atom. The van der Waals surface area contributed by atoms with E-state index in [1.54, 1.807) is 12.1 Å². The molecule has 1 aromatic rings. The van der Waals surface area contributed by atoms with E-state index in [4.69, 9.17) is 29.0 Å². The van der Waals surface area contributed by atoms with Crippen molar-refractivity contribution in [3.63, 3.8) is 0 Å². The van der Waals surface area contributed by atoms with Gasteiger partial charge in [-0.2, -0.15) is 0 Å². The quantitative estimate of drug-likeness (QED) is 0.471. The van der Waals surface area contributed by atoms with E-state index >= 15 is 0 Å². The van der Waals surface area contributed by atoms with Crippen molar-refractivity contribution in [2.45, 2.75) is 25.3 Å². The first-order chi connectivity index (χ1) is 7.69. The highest BCUT2D eigenvalue weighted by Gasteiger charge is 2.12. The van der Waals surface area contributed by atoms with Crippen LogP contribution in [0.15, 0.2) is 18.2 Å². The summed E-state index contributed by atoms with van der Waals surface area (Å²) >= 11 is 11.3. The maximum atomic E-state index is 13.6. The maximum Gasteiger partial charge on any atom is 0.145 e. The third-order valence-electron chi connectivity index (χ3n) is 2.42. The molecule has 0 saturated heterocycles. The maximum absolute atomic E-state index is 13.6. The van der Waals surface area contributed by atoms with Gasteiger partial charge in [0.1, 0.15) is 5.82 Å². The smallest absolute Gasteiger partial charge is 0.145 e. The second-order valence-electron chi connectivity index (χ2n) is 3.61. The van der Waals surface area contributed by atoms with E-state index in [0.29, 0.717) is 17.9 Å². The topological polar surface area (TPSA) is 38.0 Å². The van der Waals surface area contributed by atoms with Gasteiger partial charge in [0.25, 0.3) is 0 Å². The van der Waals surface area contributed by atoms with Gasteiger partial charge in [-0.1, -0.05) is 23.7 Å². The van der Waals surface area contributed by atoms with E-state index in [-0.39, 0.29) is 16.9 Å². The number of hydrogen-bond donors (Lipinski definition) is 2. The van der Waals surface area contributed by atoms with Crippen LogP contribution in [0.4, 0.5) is 4.39 Å². The van der Waals surface area contributed by atoms with Gasteiger partial charge in [0, 0.05) is 11.9 Å². The SMILES string of the molecule is NNC(CCCCl)Cc1cccc(Cl)c1F. The predicted octanol–water partition coefficient (Wildman–Crippen LogP) is 2.87. The molecule has 90 valence electrons. The molecule has 0 saturated carbocycles. The van der Waals surface area contributed by atoms with Crippen LogP contribution in [0.2, 0.25) is 5.02 Å². The number of halogens is 3. The van der Waals surface area contributed by atoms with E-state index in [1.807, 2.05) is 0 Å². The van der Waals surface area contributed by atoms with E-state index in [9.17, 15) is 4.39 Å². The Morgan fingerprint density at radius 2 is 2.19 bits per heavy atom. The van der Waals surface area contributed by atoms with Gasteiger partial charge < -0.3 is 0 Å². The molecule has 0 aliphatic carbocycles. The molecule has 0 amide bonds. The minimum atomic E-state index is -0.365. The molecule has 0 spiro atoms. The molecule has 2 nitrogen and oxygen atoms in total. The summed E-state index contributed by atoms with van der Waals surface area (Å²) in [7, 11) is 0. The Hall–Kier alpha value is -0.350. The summed E-state index contributed by atoms with van der Waals surface area (Å²) in [5.74, 6) is 5.62. The third kappa shape index (κ3) is 3.91. The molecule has 0 heterocycles. The molecule has 1 unspecified atom stereocenters. The second kappa shape index (κ2) is 7.07. The Kier molecular flexibility index (Phi) is 6.06. The molecular weight excluding hydrogens is 250 g/mol. The molecular formula is C11H15Cl2FN2. The highest BCUT2D eigenvalue weighted by Crippen LogP contribution is 2.19. The monoisotopic (exact) mass is 264 g/mol. The first kappa shape index (κ1) is 13.7. The van der Waals surface area contributed by atoms with E-state index < -0.39 is 0 Å². The molecule has 5 heteroatoms. The average molecular weight is 265 g/mol. The molecule has 16 heavy (non-hydrogen) atoms. The number of hydrogen-bond acceptors (Lipinski definition) is 2. The van der Waals surface area contributed by atoms with Crippen LogP contribution in [0.5, 0.6) is 0 Å². The van der Waals surface area contributed by atoms with Crippen LogP contribution in [0.3, 0.4) is 0 Å². The molecule has 0 bridgehead atoms. The van der Waals surface area contributed by atoms with Crippen LogP contribution < -0.4 is 11.3 Å². The minimum Gasteiger partial charge on any atom is -0.271 e. The molecule has 1 atom stereocenters. The van der Waals surface area contributed by atoms with Crippen LogP contribution in [0.1, 0.15) is 18.4 Å². The minimum absolute atomic E-state index is 0.0201. The Bertz CT molecular complexity index is 334. The second-order valence-corrected chi connectivity index (χ2v) is 4.40. The third-order valence-corrected chi connectivity index (χ3v) is 2.98. The van der Waals surface area contributed by atoms with E-state index in [1.165, 1.54) is 6.07 Å². The van der Waals surface area contributed by atoms with Crippen molar-refractivity contribution in [1.29, 1.82) is 0 Å². The van der Waals surface area contributed by atoms with Crippen molar-refractivity contribution in [2.24, 2.45) is 5.84 Å². The van der Waals surface area contributed by atoms with Crippen LogP contribution in [0.25, 0.3) is 0 Å². The first-order valence-electron chi connectivity index (χ1n) is 5.14. The summed E-state index contributed by atoms with van der Waals surface area (Å²) in [4.78, 5) is 0. The van der Waals surface area contributed by atoms with Gasteiger partial charge in [0.2, 0.25) is 0 Å². The predicted molar refractivity (Wildman–Crippen MR) is 66.2 cm³/mol. The highest BCUT2D eigenvalue weighted by molar-refractivity contribution is 6.30. The zero-order chi connectivity index (χ0) is 12.0. The van der Waals surface area contributed by atoms with Gasteiger partial charge >= 0.3 is 0 Å². The average Bonchev–Trinajstić information content (AvgIpc) is 2.30. The number of nitrogens with two attached hydrogens (primary N) is 1. The summed E-state index contributed by atoms with van der Waals surface area (Å²) in [6.07, 6.45) is 2.17. The van der Waals surface area contributed by atoms with Gasteiger partial charge in [-0.25, -0.2) is 4.39 Å². The molecule has 0 radical (unpaired) electrons. The number of hydrazine groups is 1. The molecule has 1 aromatic carbocycles. The van der Waals surface area contributed by atoms with Gasteiger partial charge in [-0.05, 0) is 30.9 Å². The summed E-state index contributed by atoms with van der Waals surface area (Å²) in [5.41, 5.74) is 3.24. The van der Waals surface area contributed by atoms with Crippen molar-refractivity contribution in [3.8, 4) is 0 Å². The fourth-order valence-electron chi connectivity index (χ4n) is 1.54. The molecule has 1 rings (SSSR count). The Labute approximate surface area is 105 Å². The molecule has 0 fully saturated rings. The number of benzene rings is 1. The summed E-state index contributed by atoms with van der Waals surface area (Å²) in [6.45, 7) is 0. The fraction of sp³-hybridized carbons (Fsp3) is 0.455. The standard InChI is InChI=1S/C11H15Cl2FN2/c12-6-2-4-9(16-15)7-8-3-1-5-10(13)11(8)14/h1,3,5,9,16H,2,4,6-7,15H2. The summed E-state index contributed by atoms with van der Waals surface area (Å²) in [6, 6.07) is 5.00. The van der Waals surface area contributed by atoms with Crippen molar-refractivity contribution in [3.05, 3.63) is 34.6 Å². The van der Waals surface area contributed by atoms with Crippen molar-refractivity contribution >= 4 is 23.2 Å². The lowest BCUT2D eigenvalue weighted by Gasteiger charge is -2.15. The lowest BCUT2D eigenvalue weighted by Crippen LogP contribution is -2.37. The number of rotatable bonds is 6. The molecule has 0 aliphatic rings. The summed E-state index contributed by atoms with van der Waals surface area (Å²) in [5, 5.41) is 0.144. The van der Waals surface area contributed by atoms with Gasteiger partial charge in [0.15, 0.2) is 0 Å². The Morgan fingerprint density at radius 3 is 2.81 bits per heavy atom. The zero-order valence-electron chi connectivity index (χ0n) is 8.85. The number of alkyl halides is 1. The normalized spacial score (nSPS) is 12.8. The van der Waals surface area contributed by atoms with Crippen LogP contribution in [0, 0.1) is 5.82 Å². The fourth-order valence-corrected chi connectivity index (χ4v) is 1.89. The van der Waals surface area contributed by atoms with Crippen molar-refractivity contribution in [1.82, 2.24) is 5.43 Å². The molecule has 0 aromatic heterocycles. The number of nitrogens with one attached hydrogen (secondary N) is 1. The Balaban J connectivity index is 2.66. The lowest BCUT2D eigenvalue weighted by atomic mass is 10.0. The van der Waals surface area contributed by atoms with E-state index in [2.05, 4.69) is 5.43 Å². The molecule has 3 N–H and O–H groups in total. The highest BCUT2D eigenvalue weighted by atomic mass is 35.5. The first-order valence-corrected chi connectivity index (χ1v) is 6.05. The zero-order valence-corrected chi connectivity index (χ0v) is 10.4. The van der Waals surface area contributed by atoms with Gasteiger partial charge in [0.05, 0.1) is 5.02 Å². The van der Waals surface area contributed by atoms with Crippen LogP contribution >= 0.6 is 23.2 Å². The van der Waals surface area contributed by atoms with Gasteiger partial charge in [-0.15, -0.1) is 11.6 Å². The van der Waals surface area contributed by atoms with Crippen LogP contribution in [-0.4, -0.2) is 11.9 Å². The van der Waals surface area contributed by atoms with Crippen molar-refractivity contribution in [2.75, 3.05) is 5.88 Å². The van der Waals surface area contributed by atoms with Gasteiger partial charge in [-0.3, -0.25) is 11.3 Å². The molecule has 0 aliphatic heterocycles. The summed E-state index contributed by atoms with van der Waals surface area (Å²) < 4.78 is 13.6. The van der Waals surface area contributed by atoms with E-state index in [0.717, 1.165) is 12.8 Å². The lowest BCUT2D eigenvalue weighted by molar-refractivity contribution is 0.476.